The van der Waals surface area contributed by atoms with Crippen LogP contribution in [0, 0.1) is 25.5 Å². The number of rotatable bonds is 4. The average Bonchev–Trinajstić information content (AvgIpc) is 2.81. The van der Waals surface area contributed by atoms with Crippen LogP contribution in [0.1, 0.15) is 15.3 Å². The Kier molecular flexibility index (Phi) is 4.31. The first kappa shape index (κ1) is 15.9. The monoisotopic (exact) mass is 332 g/mol. The van der Waals surface area contributed by atoms with E-state index in [1.165, 1.54) is 30.4 Å². The van der Waals surface area contributed by atoms with Crippen LogP contribution in [0.15, 0.2) is 23.1 Å². The molecule has 1 heterocycles. The summed E-state index contributed by atoms with van der Waals surface area (Å²) in [6, 6.07) is 3.67. The Morgan fingerprint density at radius 1 is 1.29 bits per heavy atom. The molecule has 0 atom stereocenters. The van der Waals surface area contributed by atoms with Gasteiger partial charge < -0.3 is 5.73 Å². The highest BCUT2D eigenvalue weighted by Gasteiger charge is 2.23. The summed E-state index contributed by atoms with van der Waals surface area (Å²) in [5.74, 6) is -1.89. The molecule has 3 N–H and O–H groups in total. The molecule has 4 nitrogen and oxygen atoms in total. The van der Waals surface area contributed by atoms with E-state index < -0.39 is 27.3 Å². The van der Waals surface area contributed by atoms with Crippen LogP contribution >= 0.6 is 11.3 Å². The molecule has 0 bridgehead atoms. The second-order valence-electron chi connectivity index (χ2n) is 4.50. The summed E-state index contributed by atoms with van der Waals surface area (Å²) in [5.41, 5.74) is 4.95. The molecule has 0 radical (unpaired) electrons. The van der Waals surface area contributed by atoms with Crippen molar-refractivity contribution in [2.45, 2.75) is 25.3 Å². The lowest BCUT2D eigenvalue weighted by atomic mass is 10.2. The highest BCUT2D eigenvalue weighted by atomic mass is 32.2. The zero-order valence-electron chi connectivity index (χ0n) is 11.4. The maximum absolute atomic E-state index is 13.9. The smallest absolute Gasteiger partial charge is 0.263 e. The van der Waals surface area contributed by atoms with Crippen LogP contribution in [0.4, 0.5) is 14.5 Å². The molecule has 0 saturated heterocycles. The molecule has 21 heavy (non-hydrogen) atoms. The molecule has 0 aliphatic heterocycles. The number of sulfonamides is 1. The summed E-state index contributed by atoms with van der Waals surface area (Å²) in [5, 5.41) is 0. The van der Waals surface area contributed by atoms with E-state index >= 15 is 0 Å². The number of nitrogens with one attached hydrogen (secondary N) is 1. The molecule has 0 unspecified atom stereocenters. The van der Waals surface area contributed by atoms with Gasteiger partial charge in [0.15, 0.2) is 5.82 Å². The van der Waals surface area contributed by atoms with E-state index in [2.05, 4.69) is 0 Å². The molecule has 1 aromatic carbocycles. The van der Waals surface area contributed by atoms with Crippen molar-refractivity contribution in [3.63, 3.8) is 0 Å². The van der Waals surface area contributed by atoms with Crippen molar-refractivity contribution in [3.05, 3.63) is 45.2 Å². The summed E-state index contributed by atoms with van der Waals surface area (Å²) < 4.78 is 54.1. The highest BCUT2D eigenvalue weighted by molar-refractivity contribution is 7.93. The lowest BCUT2D eigenvalue weighted by Crippen LogP contribution is -2.16. The number of anilines is 1. The van der Waals surface area contributed by atoms with Gasteiger partial charge in [-0.1, -0.05) is 6.07 Å². The van der Waals surface area contributed by atoms with Gasteiger partial charge in [0.05, 0.1) is 0 Å². The highest BCUT2D eigenvalue weighted by Crippen LogP contribution is 2.29. The molecule has 114 valence electrons. The van der Waals surface area contributed by atoms with Gasteiger partial charge in [-0.05, 0) is 31.5 Å². The second-order valence-corrected chi connectivity index (χ2v) is 7.49. The molecular formula is C13H14F2N2O2S2. The number of thiophene rings is 1. The minimum absolute atomic E-state index is 0.0201. The van der Waals surface area contributed by atoms with E-state index in [4.69, 9.17) is 5.73 Å². The van der Waals surface area contributed by atoms with Crippen LogP contribution < -0.4 is 10.5 Å². The van der Waals surface area contributed by atoms with E-state index in [1.54, 1.807) is 6.92 Å². The molecule has 8 heteroatoms. The Morgan fingerprint density at radius 2 is 1.95 bits per heavy atom. The Balaban J connectivity index is 2.47. The lowest BCUT2D eigenvalue weighted by Gasteiger charge is -2.10. The van der Waals surface area contributed by atoms with E-state index in [0.29, 0.717) is 9.75 Å². The van der Waals surface area contributed by atoms with Crippen molar-refractivity contribution < 1.29 is 17.2 Å². The molecule has 0 aliphatic carbocycles. The third-order valence-electron chi connectivity index (χ3n) is 2.93. The number of halogens is 2. The molecule has 2 aromatic rings. The molecule has 0 fully saturated rings. The maximum Gasteiger partial charge on any atom is 0.263 e. The Morgan fingerprint density at radius 3 is 2.52 bits per heavy atom. The summed E-state index contributed by atoms with van der Waals surface area (Å²) in [4.78, 5) is 1.17. The fourth-order valence-electron chi connectivity index (χ4n) is 1.83. The van der Waals surface area contributed by atoms with Crippen LogP contribution in [0.2, 0.25) is 0 Å². The van der Waals surface area contributed by atoms with Crippen molar-refractivity contribution in [1.29, 1.82) is 0 Å². The standard InChI is InChI=1S/C13H14F2N2O2S2/c1-7-3-4-10(14)13(12(7)15)17-21(18,19)11-5-9(6-16)20-8(11)2/h3-5,17H,6,16H2,1-2H3. The number of hydrogen-bond donors (Lipinski definition) is 2. The van der Waals surface area contributed by atoms with Crippen LogP contribution in [-0.4, -0.2) is 8.42 Å². The maximum atomic E-state index is 13.9. The minimum atomic E-state index is -4.07. The minimum Gasteiger partial charge on any atom is -0.326 e. The SMILES string of the molecule is Cc1ccc(F)c(NS(=O)(=O)c2cc(CN)sc2C)c1F. The normalized spacial score (nSPS) is 11.7. The first-order chi connectivity index (χ1) is 9.76. The number of nitrogens with two attached hydrogens (primary N) is 1. The van der Waals surface area contributed by atoms with Crippen molar-refractivity contribution in [2.75, 3.05) is 4.72 Å². The fourth-order valence-corrected chi connectivity index (χ4v) is 4.41. The van der Waals surface area contributed by atoms with Gasteiger partial charge in [0, 0.05) is 16.3 Å². The van der Waals surface area contributed by atoms with Crippen molar-refractivity contribution in [3.8, 4) is 0 Å². The van der Waals surface area contributed by atoms with Crippen LogP contribution in [-0.2, 0) is 16.6 Å². The largest absolute Gasteiger partial charge is 0.326 e. The van der Waals surface area contributed by atoms with Crippen molar-refractivity contribution in [2.24, 2.45) is 5.73 Å². The molecular weight excluding hydrogens is 318 g/mol. The number of aryl methyl sites for hydroxylation is 2. The average molecular weight is 332 g/mol. The summed E-state index contributed by atoms with van der Waals surface area (Å²) in [6.07, 6.45) is 0. The summed E-state index contributed by atoms with van der Waals surface area (Å²) in [6.45, 7) is 3.24. The fraction of sp³-hybridized carbons (Fsp3) is 0.231. The Hall–Kier alpha value is -1.51. The zero-order chi connectivity index (χ0) is 15.8. The molecule has 0 spiro atoms. The molecule has 0 aliphatic rings. The van der Waals surface area contributed by atoms with Crippen LogP contribution in [0.5, 0.6) is 0 Å². The van der Waals surface area contributed by atoms with Gasteiger partial charge in [0.25, 0.3) is 10.0 Å². The number of hydrogen-bond acceptors (Lipinski definition) is 4. The van der Waals surface area contributed by atoms with E-state index in [0.717, 1.165) is 6.07 Å². The van der Waals surface area contributed by atoms with Gasteiger partial charge >= 0.3 is 0 Å². The van der Waals surface area contributed by atoms with Gasteiger partial charge in [-0.2, -0.15) is 0 Å². The first-order valence-electron chi connectivity index (χ1n) is 6.03. The first-order valence-corrected chi connectivity index (χ1v) is 8.33. The van der Waals surface area contributed by atoms with Crippen LogP contribution in [0.25, 0.3) is 0 Å². The zero-order valence-corrected chi connectivity index (χ0v) is 13.0. The topological polar surface area (TPSA) is 72.2 Å². The lowest BCUT2D eigenvalue weighted by molar-refractivity contribution is 0.578. The summed E-state index contributed by atoms with van der Waals surface area (Å²) in [7, 11) is -4.07. The molecule has 0 saturated carbocycles. The predicted octanol–water partition coefficient (Wildman–Crippen LogP) is 2.90. The molecule has 1 aromatic heterocycles. The third kappa shape index (κ3) is 3.07. The van der Waals surface area contributed by atoms with Gasteiger partial charge in [-0.3, -0.25) is 4.72 Å². The quantitative estimate of drug-likeness (QED) is 0.904. The van der Waals surface area contributed by atoms with Crippen LogP contribution in [0.3, 0.4) is 0 Å². The van der Waals surface area contributed by atoms with E-state index in [1.807, 2.05) is 4.72 Å². The molecule has 2 rings (SSSR count). The Labute approximate surface area is 125 Å². The van der Waals surface area contributed by atoms with Gasteiger partial charge in [-0.25, -0.2) is 17.2 Å². The van der Waals surface area contributed by atoms with Crippen molar-refractivity contribution >= 4 is 27.0 Å². The third-order valence-corrected chi connectivity index (χ3v) is 5.61. The summed E-state index contributed by atoms with van der Waals surface area (Å²) >= 11 is 1.23. The van der Waals surface area contributed by atoms with Crippen molar-refractivity contribution in [1.82, 2.24) is 0 Å². The second kappa shape index (κ2) is 5.70. The van der Waals surface area contributed by atoms with Gasteiger partial charge in [0.2, 0.25) is 0 Å². The molecule has 0 amide bonds. The predicted molar refractivity (Wildman–Crippen MR) is 78.9 cm³/mol. The Bertz CT molecular complexity index is 786. The van der Waals surface area contributed by atoms with E-state index in [-0.39, 0.29) is 17.0 Å². The van der Waals surface area contributed by atoms with Gasteiger partial charge in [-0.15, -0.1) is 11.3 Å². The van der Waals surface area contributed by atoms with E-state index in [9.17, 15) is 17.2 Å². The number of benzene rings is 1. The van der Waals surface area contributed by atoms with Gasteiger partial charge in [0.1, 0.15) is 16.4 Å².